The van der Waals surface area contributed by atoms with Crippen LogP contribution in [0, 0.1) is 0 Å². The van der Waals surface area contributed by atoms with Gasteiger partial charge in [0.2, 0.25) is 0 Å². The van der Waals surface area contributed by atoms with Crippen LogP contribution in [0.25, 0.3) is 91.9 Å². The summed E-state index contributed by atoms with van der Waals surface area (Å²) in [6, 6.07) is 74.5. The van der Waals surface area contributed by atoms with Crippen molar-refractivity contribution in [1.82, 2.24) is 4.57 Å². The van der Waals surface area contributed by atoms with E-state index in [9.17, 15) is 0 Å². The minimum Gasteiger partial charge on any atom is -0.456 e. The maximum absolute atomic E-state index is 6.14. The van der Waals surface area contributed by atoms with Crippen molar-refractivity contribution in [2.75, 3.05) is 4.90 Å². The lowest BCUT2D eigenvalue weighted by Crippen LogP contribution is -2.10. The Morgan fingerprint density at radius 2 is 0.966 bits per heavy atom. The van der Waals surface area contributed by atoms with Gasteiger partial charge in [0.05, 0.1) is 16.7 Å². The van der Waals surface area contributed by atoms with Gasteiger partial charge in [0.25, 0.3) is 0 Å². The average molecular weight is 759 g/mol. The Kier molecular flexibility index (Phi) is 7.40. The summed E-state index contributed by atoms with van der Waals surface area (Å²) in [5.74, 6) is 0. The molecule has 4 heteroatoms. The van der Waals surface area contributed by atoms with Crippen molar-refractivity contribution in [3.8, 4) is 27.9 Å². The number of hydrogen-bond donors (Lipinski definition) is 0. The van der Waals surface area contributed by atoms with Gasteiger partial charge in [-0.05, 0) is 107 Å². The highest BCUT2D eigenvalue weighted by Gasteiger charge is 2.20. The maximum Gasteiger partial charge on any atom is 0.135 e. The molecule has 0 bridgehead atoms. The van der Waals surface area contributed by atoms with Crippen molar-refractivity contribution in [2.45, 2.75) is 0 Å². The Hall–Kier alpha value is -7.40. The summed E-state index contributed by atoms with van der Waals surface area (Å²) in [6.07, 6.45) is 0. The minimum atomic E-state index is 0.908. The average Bonchev–Trinajstić information content (AvgIpc) is 3.97. The lowest BCUT2D eigenvalue weighted by Gasteiger charge is -2.27. The molecule has 12 aromatic rings. The Balaban J connectivity index is 0.980. The molecule has 0 N–H and O–H groups in total. The van der Waals surface area contributed by atoms with Crippen LogP contribution in [-0.2, 0) is 0 Å². The number of anilines is 3. The number of nitrogens with zero attached hydrogens (tertiary/aromatic N) is 2. The van der Waals surface area contributed by atoms with E-state index in [0.29, 0.717) is 0 Å². The van der Waals surface area contributed by atoms with E-state index in [4.69, 9.17) is 4.42 Å². The molecular weight excluding hydrogens is 725 g/mol. The Morgan fingerprint density at radius 3 is 1.76 bits per heavy atom. The second-order valence-corrected chi connectivity index (χ2v) is 16.0. The second-order valence-electron chi connectivity index (χ2n) is 14.9. The van der Waals surface area contributed by atoms with Gasteiger partial charge in [0.15, 0.2) is 0 Å². The van der Waals surface area contributed by atoms with E-state index in [2.05, 4.69) is 204 Å². The van der Waals surface area contributed by atoms with Crippen LogP contribution in [0.4, 0.5) is 17.1 Å². The quantitative estimate of drug-likeness (QED) is 0.168. The van der Waals surface area contributed by atoms with Crippen LogP contribution in [0.2, 0.25) is 0 Å². The van der Waals surface area contributed by atoms with Crippen LogP contribution in [0.1, 0.15) is 0 Å². The van der Waals surface area contributed by atoms with Crippen LogP contribution in [0.3, 0.4) is 0 Å². The molecule has 0 saturated carbocycles. The van der Waals surface area contributed by atoms with E-state index in [-0.39, 0.29) is 0 Å². The number of aromatic nitrogens is 1. The van der Waals surface area contributed by atoms with E-state index >= 15 is 0 Å². The highest BCUT2D eigenvalue weighted by atomic mass is 32.1. The van der Waals surface area contributed by atoms with Crippen molar-refractivity contribution in [3.63, 3.8) is 0 Å². The van der Waals surface area contributed by atoms with Gasteiger partial charge in [-0.15, -0.1) is 11.3 Å². The normalized spacial score (nSPS) is 11.8. The maximum atomic E-state index is 6.14. The SMILES string of the molecule is c1ccc(-n2c3ccccc3c3ccc(-c4ccc(N(c5ccc(-c6ccc7oc8ccccc8c7c6)cc5)c5cccc6sc7ccccc7c56)cc4)cc32)cc1. The minimum absolute atomic E-state index is 0.908. The van der Waals surface area contributed by atoms with Crippen molar-refractivity contribution >= 4 is 92.3 Å². The fourth-order valence-electron chi connectivity index (χ4n) is 8.89. The highest BCUT2D eigenvalue weighted by molar-refractivity contribution is 7.26. The summed E-state index contributed by atoms with van der Waals surface area (Å²) in [5.41, 5.74) is 13.4. The topological polar surface area (TPSA) is 21.3 Å². The van der Waals surface area contributed by atoms with Crippen molar-refractivity contribution in [3.05, 3.63) is 206 Å². The van der Waals surface area contributed by atoms with Crippen LogP contribution in [0.5, 0.6) is 0 Å². The van der Waals surface area contributed by atoms with E-state index < -0.39 is 0 Å². The molecule has 0 fully saturated rings. The first-order valence-corrected chi connectivity index (χ1v) is 20.5. The molecule has 3 heterocycles. The zero-order valence-corrected chi connectivity index (χ0v) is 32.2. The third-order valence-electron chi connectivity index (χ3n) is 11.6. The first kappa shape index (κ1) is 32.8. The van der Waals surface area contributed by atoms with Gasteiger partial charge in [-0.25, -0.2) is 0 Å². The molecule has 272 valence electrons. The second kappa shape index (κ2) is 13.1. The standard InChI is InChI=1S/C54H34N2OS/c1-2-11-39(12-3-1)56-47-16-7-4-13-42(47)43-31-25-38(34-49(43)56)36-23-29-41(30-24-36)55(48-17-10-20-53-54(48)45-15-6-9-19-52(45)58-53)40-27-21-35(22-28-40)37-26-32-51-46(33-37)44-14-5-8-18-50(44)57-51/h1-34H. The molecule has 0 radical (unpaired) electrons. The summed E-state index contributed by atoms with van der Waals surface area (Å²) >= 11 is 1.85. The first-order chi connectivity index (χ1) is 28.7. The summed E-state index contributed by atoms with van der Waals surface area (Å²) in [4.78, 5) is 2.41. The molecule has 3 aromatic heterocycles. The predicted octanol–water partition coefficient (Wildman–Crippen LogP) is 15.9. The van der Waals surface area contributed by atoms with E-state index in [1.165, 1.54) is 53.1 Å². The Labute approximate surface area is 338 Å². The molecule has 0 spiro atoms. The smallest absolute Gasteiger partial charge is 0.135 e. The van der Waals surface area contributed by atoms with Gasteiger partial charge in [-0.1, -0.05) is 121 Å². The number of hydrogen-bond acceptors (Lipinski definition) is 3. The highest BCUT2D eigenvalue weighted by Crippen LogP contribution is 2.46. The lowest BCUT2D eigenvalue weighted by molar-refractivity contribution is 0.669. The molecule has 0 unspecified atom stereocenters. The molecule has 12 rings (SSSR count). The fourth-order valence-corrected chi connectivity index (χ4v) is 10.0. The van der Waals surface area contributed by atoms with Gasteiger partial charge in [-0.3, -0.25) is 0 Å². The summed E-state index contributed by atoms with van der Waals surface area (Å²) < 4.78 is 11.1. The number of fused-ring (bicyclic) bond motifs is 9. The number of para-hydroxylation sites is 3. The van der Waals surface area contributed by atoms with E-state index in [1.54, 1.807) is 0 Å². The molecule has 9 aromatic carbocycles. The molecular formula is C54H34N2OS. The van der Waals surface area contributed by atoms with Crippen molar-refractivity contribution in [2.24, 2.45) is 0 Å². The van der Waals surface area contributed by atoms with Crippen molar-refractivity contribution < 1.29 is 4.42 Å². The van der Waals surface area contributed by atoms with Crippen LogP contribution < -0.4 is 4.90 Å². The molecule has 0 amide bonds. The third kappa shape index (κ3) is 5.19. The lowest BCUT2D eigenvalue weighted by atomic mass is 10.0. The number of rotatable bonds is 6. The van der Waals surface area contributed by atoms with Gasteiger partial charge in [-0.2, -0.15) is 0 Å². The van der Waals surface area contributed by atoms with Gasteiger partial charge in [0, 0.05) is 58.8 Å². The zero-order valence-electron chi connectivity index (χ0n) is 31.3. The van der Waals surface area contributed by atoms with Gasteiger partial charge in [0.1, 0.15) is 11.2 Å². The molecule has 0 atom stereocenters. The molecule has 0 aliphatic heterocycles. The monoisotopic (exact) mass is 758 g/mol. The van der Waals surface area contributed by atoms with Gasteiger partial charge < -0.3 is 13.9 Å². The number of thiophene rings is 1. The molecule has 58 heavy (non-hydrogen) atoms. The van der Waals surface area contributed by atoms with Crippen LogP contribution in [0.15, 0.2) is 211 Å². The number of benzene rings is 9. The largest absolute Gasteiger partial charge is 0.456 e. The molecule has 0 aliphatic rings. The molecule has 3 nitrogen and oxygen atoms in total. The third-order valence-corrected chi connectivity index (χ3v) is 12.7. The predicted molar refractivity (Wildman–Crippen MR) is 247 cm³/mol. The Morgan fingerprint density at radius 1 is 0.379 bits per heavy atom. The van der Waals surface area contributed by atoms with E-state index in [0.717, 1.165) is 55.8 Å². The van der Waals surface area contributed by atoms with Crippen LogP contribution >= 0.6 is 11.3 Å². The van der Waals surface area contributed by atoms with Crippen LogP contribution in [-0.4, -0.2) is 4.57 Å². The summed E-state index contributed by atoms with van der Waals surface area (Å²) in [7, 11) is 0. The summed E-state index contributed by atoms with van der Waals surface area (Å²) in [5, 5.41) is 7.33. The first-order valence-electron chi connectivity index (χ1n) is 19.7. The zero-order chi connectivity index (χ0) is 38.2. The Bertz CT molecular complexity index is 3500. The van der Waals surface area contributed by atoms with E-state index in [1.807, 2.05) is 23.5 Å². The molecule has 0 aliphatic carbocycles. The molecule has 0 saturated heterocycles. The fraction of sp³-hybridized carbons (Fsp3) is 0. The van der Waals surface area contributed by atoms with Gasteiger partial charge >= 0.3 is 0 Å². The number of furan rings is 1. The summed E-state index contributed by atoms with van der Waals surface area (Å²) in [6.45, 7) is 0. The van der Waals surface area contributed by atoms with Crippen molar-refractivity contribution in [1.29, 1.82) is 0 Å².